The van der Waals surface area contributed by atoms with E-state index in [1.807, 2.05) is 36.4 Å². The van der Waals surface area contributed by atoms with E-state index in [2.05, 4.69) is 70.7 Å². The molecule has 0 saturated carbocycles. The molecule has 0 atom stereocenters. The van der Waals surface area contributed by atoms with Crippen molar-refractivity contribution in [3.63, 3.8) is 0 Å². The van der Waals surface area contributed by atoms with Crippen molar-refractivity contribution in [1.29, 1.82) is 0 Å². The first kappa shape index (κ1) is 20.7. The molecule has 0 fully saturated rings. The summed E-state index contributed by atoms with van der Waals surface area (Å²) in [6.07, 6.45) is 1.89. The van der Waals surface area contributed by atoms with E-state index in [0.717, 1.165) is 28.2 Å². The van der Waals surface area contributed by atoms with Gasteiger partial charge in [-0.15, -0.1) is 0 Å². The van der Waals surface area contributed by atoms with Gasteiger partial charge in [-0.3, -0.25) is 0 Å². The minimum Gasteiger partial charge on any atom is -0.489 e. The quantitative estimate of drug-likeness (QED) is 0.431. The van der Waals surface area contributed by atoms with E-state index < -0.39 is 0 Å². The maximum Gasteiger partial charge on any atom is 0.123 e. The highest BCUT2D eigenvalue weighted by molar-refractivity contribution is 5.56. The van der Waals surface area contributed by atoms with Gasteiger partial charge in [-0.25, -0.2) is 0 Å². The molecule has 0 bridgehead atoms. The Morgan fingerprint density at radius 3 is 2.07 bits per heavy atom. The second kappa shape index (κ2) is 9.00. The number of benzene rings is 3. The lowest BCUT2D eigenvalue weighted by atomic mass is 9.87. The van der Waals surface area contributed by atoms with E-state index in [1.165, 1.54) is 11.1 Å². The van der Waals surface area contributed by atoms with Gasteiger partial charge in [0.25, 0.3) is 0 Å². The smallest absolute Gasteiger partial charge is 0.123 e. The Morgan fingerprint density at radius 1 is 0.828 bits per heavy atom. The van der Waals surface area contributed by atoms with Crippen molar-refractivity contribution in [1.82, 2.24) is 0 Å². The normalized spacial score (nSPS) is 11.2. The fourth-order valence-corrected chi connectivity index (χ4v) is 3.24. The van der Waals surface area contributed by atoms with E-state index in [0.29, 0.717) is 13.2 Å². The Morgan fingerprint density at radius 2 is 1.45 bits per heavy atom. The van der Waals surface area contributed by atoms with Crippen molar-refractivity contribution in [2.24, 2.45) is 0 Å². The molecule has 0 heterocycles. The lowest BCUT2D eigenvalue weighted by Gasteiger charge is -2.19. The molecular weight excluding hydrogens is 356 g/mol. The summed E-state index contributed by atoms with van der Waals surface area (Å²) in [5.41, 5.74) is 6.11. The van der Waals surface area contributed by atoms with Crippen LogP contribution in [0.4, 0.5) is 0 Å². The van der Waals surface area contributed by atoms with Crippen LogP contribution in [0.1, 0.15) is 48.6 Å². The van der Waals surface area contributed by atoms with E-state index in [9.17, 15) is 0 Å². The van der Waals surface area contributed by atoms with E-state index >= 15 is 0 Å². The van der Waals surface area contributed by atoms with Crippen molar-refractivity contribution in [2.45, 2.75) is 46.3 Å². The molecule has 0 aromatic heterocycles. The Labute approximate surface area is 174 Å². The van der Waals surface area contributed by atoms with Crippen LogP contribution in [0.25, 0.3) is 6.08 Å². The average molecular weight is 387 g/mol. The molecule has 3 aromatic carbocycles. The first-order chi connectivity index (χ1) is 13.9. The maximum atomic E-state index is 6.01. The summed E-state index contributed by atoms with van der Waals surface area (Å²) in [5, 5.41) is 0. The predicted octanol–water partition coefficient (Wildman–Crippen LogP) is 7.09. The van der Waals surface area contributed by atoms with E-state index in [1.54, 1.807) is 0 Å². The minimum absolute atomic E-state index is 0.161. The third kappa shape index (κ3) is 5.51. The predicted molar refractivity (Wildman–Crippen MR) is 122 cm³/mol. The molecular formula is C27H30O2. The summed E-state index contributed by atoms with van der Waals surface area (Å²) in [6, 6.07) is 22.6. The van der Waals surface area contributed by atoms with Crippen molar-refractivity contribution in [3.8, 4) is 11.5 Å². The van der Waals surface area contributed by atoms with Crippen LogP contribution in [0.15, 0.2) is 73.3 Å². The summed E-state index contributed by atoms with van der Waals surface area (Å²) >= 11 is 0. The van der Waals surface area contributed by atoms with Crippen LogP contribution in [-0.4, -0.2) is 0 Å². The zero-order chi connectivity index (χ0) is 20.9. The van der Waals surface area contributed by atoms with Gasteiger partial charge >= 0.3 is 0 Å². The van der Waals surface area contributed by atoms with Gasteiger partial charge in [-0.05, 0) is 52.3 Å². The fourth-order valence-electron chi connectivity index (χ4n) is 3.24. The molecule has 3 aromatic rings. The van der Waals surface area contributed by atoms with Gasteiger partial charge in [0.1, 0.15) is 24.7 Å². The van der Waals surface area contributed by atoms with Gasteiger partial charge in [0, 0.05) is 6.07 Å². The largest absolute Gasteiger partial charge is 0.489 e. The molecule has 2 heteroatoms. The van der Waals surface area contributed by atoms with Gasteiger partial charge in [0.2, 0.25) is 0 Å². The third-order valence-corrected chi connectivity index (χ3v) is 5.04. The Bertz CT molecular complexity index is 963. The molecule has 0 N–H and O–H groups in total. The van der Waals surface area contributed by atoms with Crippen molar-refractivity contribution >= 4 is 6.08 Å². The second-order valence-electron chi connectivity index (χ2n) is 8.35. The highest BCUT2D eigenvalue weighted by Gasteiger charge is 2.12. The molecule has 29 heavy (non-hydrogen) atoms. The minimum atomic E-state index is 0.161. The van der Waals surface area contributed by atoms with Crippen LogP contribution in [0.2, 0.25) is 0 Å². The average Bonchev–Trinajstić information content (AvgIpc) is 2.71. The maximum absolute atomic E-state index is 6.01. The molecule has 0 aliphatic carbocycles. The summed E-state index contributed by atoms with van der Waals surface area (Å²) < 4.78 is 12.0. The van der Waals surface area contributed by atoms with Crippen LogP contribution in [0.3, 0.4) is 0 Å². The monoisotopic (exact) mass is 386 g/mol. The molecule has 2 nitrogen and oxygen atoms in total. The molecule has 150 valence electrons. The Balaban J connectivity index is 1.61. The van der Waals surface area contributed by atoms with Crippen LogP contribution >= 0.6 is 0 Å². The Hall–Kier alpha value is -3.00. The number of hydrogen-bond donors (Lipinski definition) is 0. The van der Waals surface area contributed by atoms with Crippen molar-refractivity contribution in [2.75, 3.05) is 0 Å². The SMILES string of the molecule is C=Cc1c(C)cccc1COc1cccc(OCc2ccc(C(C)(C)C)cc2)c1. The first-order valence-corrected chi connectivity index (χ1v) is 10.0. The van der Waals surface area contributed by atoms with E-state index in [4.69, 9.17) is 9.47 Å². The van der Waals surface area contributed by atoms with Crippen LogP contribution in [0.5, 0.6) is 11.5 Å². The standard InChI is InChI=1S/C27H30O2/c1-6-26-20(2)9-7-10-22(26)19-29-25-12-8-11-24(17-25)28-18-21-13-15-23(16-14-21)27(3,4)5/h6-17H,1,18-19H2,2-5H3. The number of aryl methyl sites for hydroxylation is 1. The summed E-state index contributed by atoms with van der Waals surface area (Å²) in [4.78, 5) is 0. The van der Waals surface area contributed by atoms with Crippen molar-refractivity contribution < 1.29 is 9.47 Å². The highest BCUT2D eigenvalue weighted by atomic mass is 16.5. The summed E-state index contributed by atoms with van der Waals surface area (Å²) in [7, 11) is 0. The molecule has 0 aliphatic heterocycles. The number of rotatable bonds is 7. The number of ether oxygens (including phenoxy) is 2. The molecule has 0 spiro atoms. The zero-order valence-electron chi connectivity index (χ0n) is 17.9. The number of hydrogen-bond acceptors (Lipinski definition) is 2. The van der Waals surface area contributed by atoms with Gasteiger partial charge in [0.05, 0.1) is 0 Å². The summed E-state index contributed by atoms with van der Waals surface area (Å²) in [5.74, 6) is 1.60. The molecule has 0 aliphatic rings. The van der Waals surface area contributed by atoms with Crippen LogP contribution < -0.4 is 9.47 Å². The van der Waals surface area contributed by atoms with Gasteiger partial charge in [0.15, 0.2) is 0 Å². The molecule has 3 rings (SSSR count). The molecule has 0 saturated heterocycles. The first-order valence-electron chi connectivity index (χ1n) is 10.0. The second-order valence-corrected chi connectivity index (χ2v) is 8.35. The van der Waals surface area contributed by atoms with Gasteiger partial charge in [-0.1, -0.05) is 82.0 Å². The Kier molecular flexibility index (Phi) is 6.43. The lowest BCUT2D eigenvalue weighted by Crippen LogP contribution is -2.10. The lowest BCUT2D eigenvalue weighted by molar-refractivity contribution is 0.290. The fraction of sp³-hybridized carbons (Fsp3) is 0.259. The highest BCUT2D eigenvalue weighted by Crippen LogP contribution is 2.25. The molecule has 0 radical (unpaired) electrons. The topological polar surface area (TPSA) is 18.5 Å². The van der Waals surface area contributed by atoms with Gasteiger partial charge in [-0.2, -0.15) is 0 Å². The van der Waals surface area contributed by atoms with Crippen LogP contribution in [-0.2, 0) is 18.6 Å². The zero-order valence-corrected chi connectivity index (χ0v) is 17.9. The third-order valence-electron chi connectivity index (χ3n) is 5.04. The van der Waals surface area contributed by atoms with Crippen molar-refractivity contribution in [3.05, 3.63) is 101 Å². The van der Waals surface area contributed by atoms with E-state index in [-0.39, 0.29) is 5.41 Å². The van der Waals surface area contributed by atoms with Gasteiger partial charge < -0.3 is 9.47 Å². The molecule has 0 amide bonds. The van der Waals surface area contributed by atoms with Crippen LogP contribution in [0, 0.1) is 6.92 Å². The molecule has 0 unspecified atom stereocenters. The summed E-state index contributed by atoms with van der Waals surface area (Å²) in [6.45, 7) is 13.7.